The van der Waals surface area contributed by atoms with E-state index >= 15 is 0 Å². The number of nitrogens with zero attached hydrogens (tertiary/aromatic N) is 2. The maximum atomic E-state index is 11.5. The third-order valence-electron chi connectivity index (χ3n) is 4.55. The van der Waals surface area contributed by atoms with E-state index in [2.05, 4.69) is 10.3 Å². The summed E-state index contributed by atoms with van der Waals surface area (Å²) >= 11 is 6.21. The van der Waals surface area contributed by atoms with Crippen molar-refractivity contribution in [3.05, 3.63) is 92.5 Å². The van der Waals surface area contributed by atoms with Crippen LogP contribution < -0.4 is 5.32 Å². The molecule has 0 aromatic heterocycles. The first-order valence-corrected chi connectivity index (χ1v) is 9.93. The predicted octanol–water partition coefficient (Wildman–Crippen LogP) is 5.64. The van der Waals surface area contributed by atoms with Crippen molar-refractivity contribution in [2.45, 2.75) is 19.8 Å². The van der Waals surface area contributed by atoms with E-state index in [1.807, 2.05) is 18.2 Å². The molecule has 3 rings (SSSR count). The van der Waals surface area contributed by atoms with Crippen LogP contribution in [-0.2, 0) is 11.2 Å². The molecule has 0 spiro atoms. The van der Waals surface area contributed by atoms with Gasteiger partial charge >= 0.3 is 5.69 Å². The monoisotopic (exact) mass is 437 g/mol. The Morgan fingerprint density at radius 2 is 1.90 bits per heavy atom. The summed E-state index contributed by atoms with van der Waals surface area (Å²) in [6.45, 7) is 1.76. The lowest BCUT2D eigenvalue weighted by molar-refractivity contribution is -0.385. The van der Waals surface area contributed by atoms with Gasteiger partial charge in [-0.3, -0.25) is 19.9 Å². The van der Waals surface area contributed by atoms with Gasteiger partial charge in [-0.2, -0.15) is 0 Å². The highest BCUT2D eigenvalue weighted by Gasteiger charge is 2.19. The fourth-order valence-electron chi connectivity index (χ4n) is 2.93. The zero-order chi connectivity index (χ0) is 22.4. The maximum Gasteiger partial charge on any atom is 0.311 e. The van der Waals surface area contributed by atoms with E-state index in [-0.39, 0.29) is 11.5 Å². The standard InChI is InChI=1S/C23H20ClN3O4/c1-2-22(28)26-19-9-7-18(8-10-19)25-14-17-12-15(13-21(23(17)29)27(30)31)11-16-5-3-4-6-20(16)24/h3-10,12-14,29H,2,11H2,1H3,(H,26,28). The highest BCUT2D eigenvalue weighted by molar-refractivity contribution is 6.31. The van der Waals surface area contributed by atoms with Gasteiger partial charge in [0.05, 0.1) is 10.6 Å². The number of hydrogen-bond donors (Lipinski definition) is 2. The van der Waals surface area contributed by atoms with E-state index in [0.717, 1.165) is 5.56 Å². The molecule has 3 aromatic carbocycles. The first-order chi connectivity index (χ1) is 14.9. The highest BCUT2D eigenvalue weighted by Crippen LogP contribution is 2.32. The van der Waals surface area contributed by atoms with Crippen molar-refractivity contribution >= 4 is 40.8 Å². The Balaban J connectivity index is 1.89. The number of aliphatic imine (C=N–C) groups is 1. The minimum absolute atomic E-state index is 0.0937. The molecule has 0 heterocycles. The minimum Gasteiger partial charge on any atom is -0.502 e. The topological polar surface area (TPSA) is 105 Å². The smallest absolute Gasteiger partial charge is 0.311 e. The third kappa shape index (κ3) is 5.67. The summed E-state index contributed by atoms with van der Waals surface area (Å²) in [5, 5.41) is 25.1. The number of carbonyl (C=O) groups is 1. The van der Waals surface area contributed by atoms with Gasteiger partial charge in [-0.1, -0.05) is 36.7 Å². The molecule has 0 atom stereocenters. The van der Waals surface area contributed by atoms with E-state index in [1.54, 1.807) is 43.3 Å². The number of phenols is 1. The van der Waals surface area contributed by atoms with Gasteiger partial charge in [0.25, 0.3) is 0 Å². The number of nitrogens with one attached hydrogen (secondary N) is 1. The number of carbonyl (C=O) groups excluding carboxylic acids is 1. The molecule has 158 valence electrons. The highest BCUT2D eigenvalue weighted by atomic mass is 35.5. The number of nitro groups is 1. The number of rotatable bonds is 7. The van der Waals surface area contributed by atoms with Crippen molar-refractivity contribution in [3.63, 3.8) is 0 Å². The summed E-state index contributed by atoms with van der Waals surface area (Å²) in [4.78, 5) is 26.5. The fourth-order valence-corrected chi connectivity index (χ4v) is 3.13. The van der Waals surface area contributed by atoms with Crippen molar-refractivity contribution < 1.29 is 14.8 Å². The molecular formula is C23H20ClN3O4. The number of amides is 1. The molecule has 0 saturated heterocycles. The van der Waals surface area contributed by atoms with Gasteiger partial charge < -0.3 is 10.4 Å². The largest absolute Gasteiger partial charge is 0.502 e. The van der Waals surface area contributed by atoms with E-state index in [1.165, 1.54) is 12.3 Å². The van der Waals surface area contributed by atoms with Gasteiger partial charge in [0.2, 0.25) is 11.7 Å². The van der Waals surface area contributed by atoms with Crippen LogP contribution >= 0.6 is 11.6 Å². The number of benzene rings is 3. The Labute approximate surface area is 184 Å². The molecule has 0 aliphatic rings. The third-order valence-corrected chi connectivity index (χ3v) is 4.92. The Morgan fingerprint density at radius 1 is 1.19 bits per heavy atom. The van der Waals surface area contributed by atoms with Gasteiger partial charge in [0.15, 0.2) is 0 Å². The van der Waals surface area contributed by atoms with Crippen LogP contribution in [-0.4, -0.2) is 22.2 Å². The minimum atomic E-state index is -0.631. The van der Waals surface area contributed by atoms with Crippen molar-refractivity contribution in [3.8, 4) is 5.75 Å². The zero-order valence-corrected chi connectivity index (χ0v) is 17.5. The molecule has 0 bridgehead atoms. The number of phenolic OH excluding ortho intramolecular Hbond substituents is 1. The zero-order valence-electron chi connectivity index (χ0n) is 16.7. The van der Waals surface area contributed by atoms with Crippen molar-refractivity contribution in [2.75, 3.05) is 5.32 Å². The van der Waals surface area contributed by atoms with Crippen LogP contribution in [0.25, 0.3) is 0 Å². The molecule has 1 amide bonds. The molecule has 0 saturated carbocycles. The SMILES string of the molecule is CCC(=O)Nc1ccc(N=Cc2cc(Cc3ccccc3Cl)cc([N+](=O)[O-])c2O)cc1. The summed E-state index contributed by atoms with van der Waals surface area (Å²) < 4.78 is 0. The van der Waals surface area contributed by atoms with Crippen LogP contribution in [0.2, 0.25) is 5.02 Å². The normalized spacial score (nSPS) is 10.9. The summed E-state index contributed by atoms with van der Waals surface area (Å²) in [5.41, 5.74) is 2.47. The first kappa shape index (κ1) is 22.0. The summed E-state index contributed by atoms with van der Waals surface area (Å²) in [7, 11) is 0. The Bertz CT molecular complexity index is 1140. The Hall–Kier alpha value is -3.71. The van der Waals surface area contributed by atoms with Crippen LogP contribution in [0.15, 0.2) is 65.7 Å². The summed E-state index contributed by atoms with van der Waals surface area (Å²) in [6.07, 6.45) is 2.12. The number of halogens is 1. The van der Waals surface area contributed by atoms with Crippen LogP contribution in [0, 0.1) is 10.1 Å². The lowest BCUT2D eigenvalue weighted by Crippen LogP contribution is -2.08. The second kappa shape index (κ2) is 9.86. The van der Waals surface area contributed by atoms with Gasteiger partial charge in [-0.15, -0.1) is 0 Å². The van der Waals surface area contributed by atoms with Gasteiger partial charge in [0.1, 0.15) is 0 Å². The average Bonchev–Trinajstić information content (AvgIpc) is 2.76. The van der Waals surface area contributed by atoms with Gasteiger partial charge in [-0.25, -0.2) is 0 Å². The quantitative estimate of drug-likeness (QED) is 0.283. The molecule has 0 radical (unpaired) electrons. The van der Waals surface area contributed by atoms with Gasteiger partial charge in [0, 0.05) is 35.0 Å². The van der Waals surface area contributed by atoms with E-state index in [4.69, 9.17) is 11.6 Å². The van der Waals surface area contributed by atoms with Crippen molar-refractivity contribution in [1.29, 1.82) is 0 Å². The van der Waals surface area contributed by atoms with Crippen LogP contribution in [0.4, 0.5) is 17.1 Å². The molecule has 0 aliphatic heterocycles. The van der Waals surface area contributed by atoms with Crippen molar-refractivity contribution in [2.24, 2.45) is 4.99 Å². The molecule has 2 N–H and O–H groups in total. The predicted molar refractivity (Wildman–Crippen MR) is 122 cm³/mol. The lowest BCUT2D eigenvalue weighted by Gasteiger charge is -2.08. The molecule has 0 fully saturated rings. The lowest BCUT2D eigenvalue weighted by atomic mass is 10.0. The number of hydrogen-bond acceptors (Lipinski definition) is 5. The molecular weight excluding hydrogens is 418 g/mol. The molecule has 0 aliphatic carbocycles. The van der Waals surface area contributed by atoms with Crippen molar-refractivity contribution in [1.82, 2.24) is 0 Å². The molecule has 31 heavy (non-hydrogen) atoms. The van der Waals surface area contributed by atoms with Crippen LogP contribution in [0.3, 0.4) is 0 Å². The maximum absolute atomic E-state index is 11.5. The second-order valence-electron chi connectivity index (χ2n) is 6.78. The molecule has 3 aromatic rings. The molecule has 0 unspecified atom stereocenters. The number of anilines is 1. The first-order valence-electron chi connectivity index (χ1n) is 9.55. The van der Waals surface area contributed by atoms with Crippen LogP contribution in [0.5, 0.6) is 5.75 Å². The number of aromatic hydroxyl groups is 1. The Morgan fingerprint density at radius 3 is 2.55 bits per heavy atom. The Kier molecular flexibility index (Phi) is 6.99. The molecule has 8 heteroatoms. The average molecular weight is 438 g/mol. The van der Waals surface area contributed by atoms with E-state index in [9.17, 15) is 20.0 Å². The van der Waals surface area contributed by atoms with Gasteiger partial charge in [-0.05, 0) is 53.9 Å². The van der Waals surface area contributed by atoms with E-state index < -0.39 is 16.4 Å². The van der Waals surface area contributed by atoms with Crippen LogP contribution in [0.1, 0.15) is 30.0 Å². The fraction of sp³-hybridized carbons (Fsp3) is 0.130. The summed E-state index contributed by atoms with van der Waals surface area (Å²) in [6, 6.07) is 17.0. The number of nitro benzene ring substituents is 1. The molecule has 7 nitrogen and oxygen atoms in total. The summed E-state index contributed by atoms with van der Waals surface area (Å²) in [5.74, 6) is -0.549. The second-order valence-corrected chi connectivity index (χ2v) is 7.19. The van der Waals surface area contributed by atoms with E-state index in [0.29, 0.717) is 34.8 Å².